The molecule has 0 bridgehead atoms. The highest BCUT2D eigenvalue weighted by atomic mass is 79.9. The molecule has 0 saturated heterocycles. The number of halogens is 1. The summed E-state index contributed by atoms with van der Waals surface area (Å²) in [4.78, 5) is 10.3. The Morgan fingerprint density at radius 1 is 1.75 bits per heavy atom. The topological polar surface area (TPSA) is 95.9 Å². The average molecular weight is 235 g/mol. The normalized spacial score (nSPS) is 11.6. The van der Waals surface area contributed by atoms with E-state index in [4.69, 9.17) is 10.3 Å². The van der Waals surface area contributed by atoms with E-state index < -0.39 is 11.7 Å². The first kappa shape index (κ1) is 8.72. The van der Waals surface area contributed by atoms with Crippen LogP contribution in [-0.2, 0) is 4.79 Å². The van der Waals surface area contributed by atoms with Crippen LogP contribution in [0.3, 0.4) is 0 Å². The number of carboxylic acids is 1. The fourth-order valence-electron chi connectivity index (χ4n) is 0.563. The van der Waals surface area contributed by atoms with Gasteiger partial charge in [0.25, 0.3) is 0 Å². The molecule has 6 nitrogen and oxygen atoms in total. The third-order valence-electron chi connectivity index (χ3n) is 1.02. The quantitative estimate of drug-likeness (QED) is 0.446. The Labute approximate surface area is 74.6 Å². The summed E-state index contributed by atoms with van der Waals surface area (Å²) in [5.74, 6) is -1.50. The van der Waals surface area contributed by atoms with Crippen LogP contribution in [0.1, 0.15) is 5.76 Å². The number of rotatable bonds is 2. The van der Waals surface area contributed by atoms with Crippen molar-refractivity contribution < 1.29 is 19.6 Å². The predicted octanol–water partition coefficient (Wildman–Crippen LogP) is 0.700. The number of nitrogens with zero attached hydrogens (tertiary/aromatic N) is 2. The Morgan fingerprint density at radius 3 is 2.75 bits per heavy atom. The largest absolute Gasteiger partial charge is 0.476 e. The Kier molecular flexibility index (Phi) is 2.44. The third kappa shape index (κ3) is 1.62. The zero-order chi connectivity index (χ0) is 9.14. The van der Waals surface area contributed by atoms with E-state index in [0.29, 0.717) is 4.60 Å². The van der Waals surface area contributed by atoms with Crippen molar-refractivity contribution in [2.24, 2.45) is 5.16 Å². The Hall–Kier alpha value is -1.37. The highest BCUT2D eigenvalue weighted by Crippen LogP contribution is 2.10. The second-order valence-corrected chi connectivity index (χ2v) is 2.58. The summed E-state index contributed by atoms with van der Waals surface area (Å²) in [6, 6.07) is 1.28. The minimum atomic E-state index is -1.39. The molecular weight excluding hydrogens is 232 g/mol. The van der Waals surface area contributed by atoms with Crippen molar-refractivity contribution in [1.29, 1.82) is 0 Å². The number of carbonyl (C=O) groups is 1. The maximum absolute atomic E-state index is 10.3. The van der Waals surface area contributed by atoms with Crippen molar-refractivity contribution in [2.75, 3.05) is 0 Å². The fraction of sp³-hybridized carbons (Fsp3) is 0. The SMILES string of the molecule is O=C(O)/C(=N/O)c1cc(Br)no1. The van der Waals surface area contributed by atoms with E-state index in [1.807, 2.05) is 0 Å². The van der Waals surface area contributed by atoms with Gasteiger partial charge >= 0.3 is 5.97 Å². The Morgan fingerprint density at radius 2 is 2.42 bits per heavy atom. The van der Waals surface area contributed by atoms with Crippen LogP contribution in [0.15, 0.2) is 20.3 Å². The summed E-state index contributed by atoms with van der Waals surface area (Å²) in [6.07, 6.45) is 0. The van der Waals surface area contributed by atoms with Crippen molar-refractivity contribution >= 4 is 27.6 Å². The van der Waals surface area contributed by atoms with Gasteiger partial charge in [0.1, 0.15) is 4.60 Å². The molecule has 0 aliphatic heterocycles. The number of oxime groups is 1. The first-order valence-corrected chi connectivity index (χ1v) is 3.52. The molecule has 7 heteroatoms. The van der Waals surface area contributed by atoms with E-state index in [1.54, 1.807) is 0 Å². The van der Waals surface area contributed by atoms with Gasteiger partial charge in [-0.2, -0.15) is 0 Å². The number of aliphatic carboxylic acids is 1. The van der Waals surface area contributed by atoms with Gasteiger partial charge < -0.3 is 14.8 Å². The molecule has 0 aromatic carbocycles. The second-order valence-electron chi connectivity index (χ2n) is 1.77. The molecule has 64 valence electrons. The third-order valence-corrected chi connectivity index (χ3v) is 1.39. The van der Waals surface area contributed by atoms with E-state index >= 15 is 0 Å². The summed E-state index contributed by atoms with van der Waals surface area (Å²) in [5.41, 5.74) is -0.590. The lowest BCUT2D eigenvalue weighted by molar-refractivity contribution is -0.129. The monoisotopic (exact) mass is 234 g/mol. The maximum Gasteiger partial charge on any atom is 0.362 e. The van der Waals surface area contributed by atoms with Crippen LogP contribution in [0.4, 0.5) is 0 Å². The minimum absolute atomic E-state index is 0.114. The number of carboxylic acid groups (broad SMARTS) is 1. The van der Waals surface area contributed by atoms with Gasteiger partial charge in [-0.1, -0.05) is 10.3 Å². The van der Waals surface area contributed by atoms with Crippen LogP contribution in [0.2, 0.25) is 0 Å². The van der Waals surface area contributed by atoms with E-state index in [-0.39, 0.29) is 5.76 Å². The highest BCUT2D eigenvalue weighted by Gasteiger charge is 2.18. The molecule has 1 rings (SSSR count). The molecule has 0 fully saturated rings. The van der Waals surface area contributed by atoms with E-state index in [9.17, 15) is 4.79 Å². The molecule has 2 N–H and O–H groups in total. The molecule has 0 aliphatic rings. The summed E-state index contributed by atoms with van der Waals surface area (Å²) in [6.45, 7) is 0. The summed E-state index contributed by atoms with van der Waals surface area (Å²) >= 11 is 2.94. The van der Waals surface area contributed by atoms with Crippen molar-refractivity contribution in [3.05, 3.63) is 16.4 Å². The lowest BCUT2D eigenvalue weighted by atomic mass is 10.3. The zero-order valence-corrected chi connectivity index (χ0v) is 7.15. The standard InChI is InChI=1S/C5H3BrN2O4/c6-3-1-2(12-8-3)4(7-11)5(9)10/h1,11H,(H,9,10)/b7-4+. The van der Waals surface area contributed by atoms with Crippen LogP contribution >= 0.6 is 15.9 Å². The first-order chi connectivity index (χ1) is 5.65. The smallest absolute Gasteiger partial charge is 0.362 e. The van der Waals surface area contributed by atoms with Crippen LogP contribution < -0.4 is 0 Å². The molecule has 0 spiro atoms. The molecule has 0 atom stereocenters. The van der Waals surface area contributed by atoms with Gasteiger partial charge in [0.05, 0.1) is 0 Å². The van der Waals surface area contributed by atoms with E-state index in [2.05, 4.69) is 30.8 Å². The maximum atomic E-state index is 10.3. The van der Waals surface area contributed by atoms with Crippen LogP contribution in [0, 0.1) is 0 Å². The molecule has 0 amide bonds. The summed E-state index contributed by atoms with van der Waals surface area (Å²) in [7, 11) is 0. The van der Waals surface area contributed by atoms with Crippen molar-refractivity contribution in [2.45, 2.75) is 0 Å². The van der Waals surface area contributed by atoms with Crippen molar-refractivity contribution in [3.63, 3.8) is 0 Å². The van der Waals surface area contributed by atoms with Gasteiger partial charge in [0.15, 0.2) is 5.76 Å². The van der Waals surface area contributed by atoms with Crippen molar-refractivity contribution in [3.8, 4) is 0 Å². The van der Waals surface area contributed by atoms with Gasteiger partial charge in [-0.05, 0) is 15.9 Å². The average Bonchev–Trinajstić information content (AvgIpc) is 2.37. The van der Waals surface area contributed by atoms with Crippen LogP contribution in [-0.4, -0.2) is 27.2 Å². The molecule has 12 heavy (non-hydrogen) atoms. The molecule has 0 radical (unpaired) electrons. The number of aromatic nitrogens is 1. The second kappa shape index (κ2) is 3.35. The van der Waals surface area contributed by atoms with Gasteiger partial charge in [-0.25, -0.2) is 4.79 Å². The van der Waals surface area contributed by atoms with Gasteiger partial charge in [0.2, 0.25) is 5.71 Å². The van der Waals surface area contributed by atoms with Gasteiger partial charge in [0, 0.05) is 6.07 Å². The van der Waals surface area contributed by atoms with E-state index in [0.717, 1.165) is 0 Å². The highest BCUT2D eigenvalue weighted by molar-refractivity contribution is 9.10. The predicted molar refractivity (Wildman–Crippen MR) is 40.2 cm³/mol. The number of hydrogen-bond donors (Lipinski definition) is 2. The molecule has 1 aromatic heterocycles. The Balaban J connectivity index is 3.04. The molecule has 0 unspecified atom stereocenters. The number of hydrogen-bond acceptors (Lipinski definition) is 5. The van der Waals surface area contributed by atoms with Crippen molar-refractivity contribution in [1.82, 2.24) is 5.16 Å². The molecule has 0 aliphatic carbocycles. The van der Waals surface area contributed by atoms with Crippen LogP contribution in [0.25, 0.3) is 0 Å². The Bertz CT molecular complexity index is 332. The lowest BCUT2D eigenvalue weighted by Crippen LogP contribution is -2.13. The molecule has 1 aromatic rings. The molecular formula is C5H3BrN2O4. The van der Waals surface area contributed by atoms with Gasteiger partial charge in [-0.3, -0.25) is 0 Å². The zero-order valence-electron chi connectivity index (χ0n) is 5.56. The summed E-state index contributed by atoms with van der Waals surface area (Å²) in [5, 5.41) is 22.6. The van der Waals surface area contributed by atoms with E-state index in [1.165, 1.54) is 6.07 Å². The fourth-order valence-corrected chi connectivity index (χ4v) is 0.843. The van der Waals surface area contributed by atoms with Crippen LogP contribution in [0.5, 0.6) is 0 Å². The minimum Gasteiger partial charge on any atom is -0.476 e. The lowest BCUT2D eigenvalue weighted by Gasteiger charge is -1.89. The first-order valence-electron chi connectivity index (χ1n) is 2.73. The molecule has 0 saturated carbocycles. The molecule has 1 heterocycles. The van der Waals surface area contributed by atoms with Gasteiger partial charge in [-0.15, -0.1) is 0 Å². The summed E-state index contributed by atoms with van der Waals surface area (Å²) < 4.78 is 4.84.